The third-order valence-electron chi connectivity index (χ3n) is 5.66. The van der Waals surface area contributed by atoms with Crippen LogP contribution in [0.4, 0.5) is 5.69 Å². The first-order chi connectivity index (χ1) is 15.2. The average molecular weight is 471 g/mol. The molecule has 1 aromatic heterocycles. The van der Waals surface area contributed by atoms with Crippen molar-refractivity contribution < 1.29 is 14.6 Å². The van der Waals surface area contributed by atoms with Crippen molar-refractivity contribution in [2.45, 2.75) is 65.3 Å². The van der Waals surface area contributed by atoms with Crippen molar-refractivity contribution in [1.82, 2.24) is 14.5 Å². The fraction of sp³-hybridized carbons (Fsp3) is 0.360. The van der Waals surface area contributed by atoms with Gasteiger partial charge in [0.1, 0.15) is 5.69 Å². The number of nitrogen functional groups attached to an aromatic ring is 1. The third-order valence-corrected chi connectivity index (χ3v) is 6.99. The van der Waals surface area contributed by atoms with Crippen LogP contribution in [0.5, 0.6) is 0 Å². The van der Waals surface area contributed by atoms with Gasteiger partial charge in [0.05, 0.1) is 17.1 Å². The normalized spacial score (nSPS) is 12.1. The molecule has 3 aromatic rings. The van der Waals surface area contributed by atoms with Crippen LogP contribution in [0.1, 0.15) is 66.2 Å². The van der Waals surface area contributed by atoms with Gasteiger partial charge in [0.2, 0.25) is 0 Å². The summed E-state index contributed by atoms with van der Waals surface area (Å²) in [6, 6.07) is 10.0. The lowest BCUT2D eigenvalue weighted by Crippen LogP contribution is -2.33. The van der Waals surface area contributed by atoms with Gasteiger partial charge >= 0.3 is 0 Å². The summed E-state index contributed by atoms with van der Waals surface area (Å²) in [4.78, 5) is 13.3. The van der Waals surface area contributed by atoms with E-state index in [1.807, 2.05) is 41.5 Å². The molecule has 3 rings (SSSR count). The van der Waals surface area contributed by atoms with Crippen LogP contribution in [0, 0.1) is 27.7 Å². The molecule has 0 radical (unpaired) electrons. The zero-order chi connectivity index (χ0) is 24.7. The molecular formula is C25H34N4O3S. The van der Waals surface area contributed by atoms with E-state index >= 15 is 0 Å². The number of carbonyl (C=O) groups excluding carboxylic acids is 1. The highest BCUT2D eigenvalue weighted by Crippen LogP contribution is 2.28. The number of nitrogens with zero attached hydrogens (tertiary/aromatic N) is 2. The predicted molar refractivity (Wildman–Crippen MR) is 133 cm³/mol. The lowest BCUT2D eigenvalue weighted by atomic mass is 9.89. The quantitative estimate of drug-likeness (QED) is 0.537. The van der Waals surface area contributed by atoms with E-state index in [0.717, 1.165) is 27.9 Å². The Morgan fingerprint density at radius 2 is 1.70 bits per heavy atom. The molecule has 0 aliphatic heterocycles. The lowest BCUT2D eigenvalue weighted by Gasteiger charge is -2.16. The van der Waals surface area contributed by atoms with E-state index in [0.29, 0.717) is 17.8 Å². The van der Waals surface area contributed by atoms with Gasteiger partial charge in [-0.1, -0.05) is 44.5 Å². The molecular weight excluding hydrogens is 436 g/mol. The van der Waals surface area contributed by atoms with Crippen LogP contribution < -0.4 is 10.5 Å². The minimum absolute atomic E-state index is 0. The smallest absolute Gasteiger partial charge is 0.283 e. The summed E-state index contributed by atoms with van der Waals surface area (Å²) < 4.78 is 29.6. The minimum atomic E-state index is -4.11. The van der Waals surface area contributed by atoms with Crippen LogP contribution in [0.25, 0.3) is 0 Å². The number of rotatable bonds is 5. The molecule has 0 fully saturated rings. The number of anilines is 1. The van der Waals surface area contributed by atoms with E-state index in [2.05, 4.69) is 16.9 Å². The summed E-state index contributed by atoms with van der Waals surface area (Å²) in [7, 11) is -4.11. The monoisotopic (exact) mass is 470 g/mol. The number of benzene rings is 2. The maximum absolute atomic E-state index is 13.3. The van der Waals surface area contributed by atoms with Crippen LogP contribution in [-0.2, 0) is 22.0 Å². The zero-order valence-corrected chi connectivity index (χ0v) is 21.1. The van der Waals surface area contributed by atoms with Crippen molar-refractivity contribution in [3.63, 3.8) is 0 Å². The van der Waals surface area contributed by atoms with E-state index in [4.69, 9.17) is 10.8 Å². The van der Waals surface area contributed by atoms with Crippen molar-refractivity contribution in [2.24, 2.45) is 0 Å². The molecule has 178 valence electrons. The Morgan fingerprint density at radius 3 is 2.24 bits per heavy atom. The van der Waals surface area contributed by atoms with Crippen LogP contribution in [0.2, 0.25) is 0 Å². The highest BCUT2D eigenvalue weighted by atomic mass is 32.2. The largest absolute Gasteiger partial charge is 0.399 e. The second-order valence-corrected chi connectivity index (χ2v) is 11.3. The number of hydrogen-bond donors (Lipinski definition) is 2. The fourth-order valence-electron chi connectivity index (χ4n) is 4.19. The third kappa shape index (κ3) is 5.11. The first-order valence-corrected chi connectivity index (χ1v) is 12.3. The maximum Gasteiger partial charge on any atom is 0.283 e. The summed E-state index contributed by atoms with van der Waals surface area (Å²) in [6.07, 6.45) is 0. The molecule has 7 nitrogen and oxygen atoms in total. The molecule has 2 aromatic carbocycles. The summed E-state index contributed by atoms with van der Waals surface area (Å²) in [5, 5.41) is 4.76. The number of nitrogens with one attached hydrogen (secondary N) is 1. The molecule has 3 N–H and O–H groups in total. The summed E-state index contributed by atoms with van der Waals surface area (Å²) in [6.45, 7) is 14.3. The van der Waals surface area contributed by atoms with Gasteiger partial charge in [0.25, 0.3) is 15.9 Å². The minimum Gasteiger partial charge on any atom is -0.399 e. The van der Waals surface area contributed by atoms with E-state index in [-0.39, 0.29) is 17.4 Å². The molecule has 0 spiro atoms. The van der Waals surface area contributed by atoms with Gasteiger partial charge in [-0.05, 0) is 62.6 Å². The van der Waals surface area contributed by atoms with Crippen molar-refractivity contribution in [2.75, 3.05) is 5.73 Å². The van der Waals surface area contributed by atoms with Crippen molar-refractivity contribution in [1.29, 1.82) is 0 Å². The molecule has 0 atom stereocenters. The number of carbonyl (C=O) groups is 1. The number of aromatic nitrogens is 2. The number of hydrogen-bond acceptors (Lipinski definition) is 5. The molecule has 0 aliphatic carbocycles. The second kappa shape index (κ2) is 8.67. The number of amides is 1. The maximum atomic E-state index is 13.3. The topological polar surface area (TPSA) is 107 Å². The van der Waals surface area contributed by atoms with Gasteiger partial charge in [0, 0.05) is 18.1 Å². The Hall–Kier alpha value is -3.13. The lowest BCUT2D eigenvalue weighted by molar-refractivity contribution is 0.0970. The number of aryl methyl sites for hydroxylation is 3. The van der Waals surface area contributed by atoms with Crippen LogP contribution in [0.3, 0.4) is 0 Å². The molecule has 0 unspecified atom stereocenters. The molecule has 1 amide bonds. The standard InChI is InChI=1S/C25H32N4O3S.H2/c1-15-11-16(2)21(17(3)12-15)14-29-22(18(4)23(27-29)25(5,6)7)24(30)28-33(31,32)20-10-8-9-19(26)13-20;/h8-13H,14,26H2,1-7H3,(H,28,30);1H. The van der Waals surface area contributed by atoms with Gasteiger partial charge in [-0.15, -0.1) is 0 Å². The van der Waals surface area contributed by atoms with Crippen LogP contribution in [-0.4, -0.2) is 24.1 Å². The predicted octanol–water partition coefficient (Wildman–Crippen LogP) is 4.41. The first-order valence-electron chi connectivity index (χ1n) is 10.8. The molecule has 8 heteroatoms. The Bertz CT molecular complexity index is 1320. The summed E-state index contributed by atoms with van der Waals surface area (Å²) in [5.74, 6) is -0.722. The van der Waals surface area contributed by atoms with E-state index < -0.39 is 15.9 Å². The van der Waals surface area contributed by atoms with Crippen molar-refractivity contribution >= 4 is 21.6 Å². The van der Waals surface area contributed by atoms with Crippen LogP contribution >= 0.6 is 0 Å². The van der Waals surface area contributed by atoms with Crippen LogP contribution in [0.15, 0.2) is 41.3 Å². The molecule has 0 aliphatic rings. The molecule has 0 saturated heterocycles. The molecule has 33 heavy (non-hydrogen) atoms. The summed E-state index contributed by atoms with van der Waals surface area (Å²) >= 11 is 0. The van der Waals surface area contributed by atoms with Crippen molar-refractivity contribution in [3.8, 4) is 0 Å². The van der Waals surface area contributed by atoms with Crippen molar-refractivity contribution in [3.05, 3.63) is 75.6 Å². The Labute approximate surface area is 197 Å². The van der Waals surface area contributed by atoms with E-state index in [1.165, 1.54) is 18.2 Å². The van der Waals surface area contributed by atoms with Gasteiger partial charge in [-0.3, -0.25) is 9.48 Å². The first kappa shape index (κ1) is 24.5. The summed E-state index contributed by atoms with van der Waals surface area (Å²) in [5.41, 5.74) is 11.7. The second-order valence-electron chi connectivity index (χ2n) is 9.61. The molecule has 0 saturated carbocycles. The van der Waals surface area contributed by atoms with Gasteiger partial charge < -0.3 is 5.73 Å². The van der Waals surface area contributed by atoms with Gasteiger partial charge in [0.15, 0.2) is 0 Å². The molecule has 0 bridgehead atoms. The zero-order valence-electron chi connectivity index (χ0n) is 20.3. The van der Waals surface area contributed by atoms with Gasteiger partial charge in [-0.2, -0.15) is 5.10 Å². The number of sulfonamides is 1. The SMILES string of the molecule is Cc1cc(C)c(Cn2nc(C(C)(C)C)c(C)c2C(=O)NS(=O)(=O)c2cccc(N)c2)c(C)c1.[HH]. The van der Waals surface area contributed by atoms with E-state index in [1.54, 1.807) is 17.7 Å². The Balaban J connectivity index is 0.00000408. The highest BCUT2D eigenvalue weighted by molar-refractivity contribution is 7.90. The molecule has 1 heterocycles. The highest BCUT2D eigenvalue weighted by Gasteiger charge is 2.30. The van der Waals surface area contributed by atoms with E-state index in [9.17, 15) is 13.2 Å². The Morgan fingerprint density at radius 1 is 1.09 bits per heavy atom. The Kier molecular flexibility index (Phi) is 6.44. The average Bonchev–Trinajstić information content (AvgIpc) is 3.00. The number of nitrogens with two attached hydrogens (primary N) is 1. The fourth-order valence-corrected chi connectivity index (χ4v) is 5.19. The van der Waals surface area contributed by atoms with Gasteiger partial charge in [-0.25, -0.2) is 13.1 Å².